The molecule has 0 radical (unpaired) electrons. The molecule has 0 aliphatic heterocycles. The van der Waals surface area contributed by atoms with Crippen molar-refractivity contribution in [2.45, 2.75) is 26.4 Å². The quantitative estimate of drug-likeness (QED) is 0.363. The summed E-state index contributed by atoms with van der Waals surface area (Å²) in [5.41, 5.74) is 2.26. The maximum Gasteiger partial charge on any atom is 0.418 e. The van der Waals surface area contributed by atoms with Gasteiger partial charge < -0.3 is 15.2 Å². The van der Waals surface area contributed by atoms with Gasteiger partial charge in [-0.3, -0.25) is 14.3 Å². The summed E-state index contributed by atoms with van der Waals surface area (Å²) in [6.07, 6.45) is 4.06. The average molecular weight is 484 g/mol. The van der Waals surface area contributed by atoms with Crippen LogP contribution in [0.4, 0.5) is 10.5 Å². The van der Waals surface area contributed by atoms with Crippen LogP contribution in [0.1, 0.15) is 41.5 Å². The van der Waals surface area contributed by atoms with Crippen LogP contribution in [0.25, 0.3) is 22.4 Å². The minimum Gasteiger partial charge on any atom is -0.478 e. The van der Waals surface area contributed by atoms with E-state index in [1.807, 2.05) is 30.3 Å². The Bertz CT molecular complexity index is 1440. The van der Waals surface area contributed by atoms with E-state index in [0.717, 1.165) is 11.1 Å². The molecule has 1 amide bonds. The molecule has 0 saturated carbocycles. The predicted octanol–water partition coefficient (Wildman–Crippen LogP) is 5.95. The number of rotatable bonds is 5. The molecule has 2 N–H and O–H groups in total. The number of carbonyl (C=O) groups is 3. The van der Waals surface area contributed by atoms with Crippen molar-refractivity contribution in [2.24, 2.45) is 0 Å². The van der Waals surface area contributed by atoms with Gasteiger partial charge in [0.15, 0.2) is 0 Å². The predicted molar refractivity (Wildman–Crippen MR) is 136 cm³/mol. The maximum absolute atomic E-state index is 13.1. The summed E-state index contributed by atoms with van der Waals surface area (Å²) in [6.45, 7) is 5.31. The van der Waals surface area contributed by atoms with Crippen LogP contribution < -0.4 is 5.32 Å². The van der Waals surface area contributed by atoms with E-state index in [1.54, 1.807) is 57.4 Å². The monoisotopic (exact) mass is 483 g/mol. The first-order valence-corrected chi connectivity index (χ1v) is 11.2. The van der Waals surface area contributed by atoms with Crippen molar-refractivity contribution >= 4 is 23.7 Å². The number of hydrogen-bond acceptors (Lipinski definition) is 5. The van der Waals surface area contributed by atoms with Gasteiger partial charge in [0.1, 0.15) is 5.60 Å². The molecule has 0 fully saturated rings. The molecule has 36 heavy (non-hydrogen) atoms. The van der Waals surface area contributed by atoms with Crippen LogP contribution in [0.3, 0.4) is 0 Å². The highest BCUT2D eigenvalue weighted by Crippen LogP contribution is 2.28. The SMILES string of the molecule is CC(C)(C)OC(=O)n1cccc1-c1ccc(C(=O)O)c(NC(=O)c2cncc(-c3ccccc3)c2)c1. The molecule has 0 atom stereocenters. The fraction of sp³-hybridized carbons (Fsp3) is 0.143. The largest absolute Gasteiger partial charge is 0.478 e. The lowest BCUT2D eigenvalue weighted by atomic mass is 10.0. The third kappa shape index (κ3) is 5.50. The third-order valence-electron chi connectivity index (χ3n) is 5.24. The molecule has 8 nitrogen and oxygen atoms in total. The molecule has 0 aliphatic carbocycles. The Morgan fingerprint density at radius 2 is 1.64 bits per heavy atom. The second-order valence-electron chi connectivity index (χ2n) is 9.09. The Hall–Kier alpha value is -4.72. The number of amides is 1. The van der Waals surface area contributed by atoms with E-state index >= 15 is 0 Å². The van der Waals surface area contributed by atoms with E-state index in [0.29, 0.717) is 11.3 Å². The molecule has 8 heteroatoms. The van der Waals surface area contributed by atoms with Crippen molar-refractivity contribution < 1.29 is 24.2 Å². The maximum atomic E-state index is 13.1. The van der Waals surface area contributed by atoms with Crippen molar-refractivity contribution in [2.75, 3.05) is 5.32 Å². The summed E-state index contributed by atoms with van der Waals surface area (Å²) < 4.78 is 6.79. The lowest BCUT2D eigenvalue weighted by molar-refractivity contribution is 0.0539. The first-order valence-electron chi connectivity index (χ1n) is 11.2. The van der Waals surface area contributed by atoms with Crippen LogP contribution in [-0.4, -0.2) is 38.2 Å². The summed E-state index contributed by atoms with van der Waals surface area (Å²) in [7, 11) is 0. The molecule has 0 spiro atoms. The first kappa shape index (κ1) is 24.4. The van der Waals surface area contributed by atoms with Gasteiger partial charge in [0.2, 0.25) is 0 Å². The van der Waals surface area contributed by atoms with Crippen molar-refractivity contribution in [3.05, 3.63) is 96.4 Å². The van der Waals surface area contributed by atoms with Gasteiger partial charge in [-0.1, -0.05) is 36.4 Å². The zero-order valence-corrected chi connectivity index (χ0v) is 20.1. The van der Waals surface area contributed by atoms with Crippen molar-refractivity contribution in [1.82, 2.24) is 9.55 Å². The highest BCUT2D eigenvalue weighted by atomic mass is 16.6. The third-order valence-corrected chi connectivity index (χ3v) is 5.24. The van der Waals surface area contributed by atoms with Gasteiger partial charge in [0.25, 0.3) is 5.91 Å². The fourth-order valence-electron chi connectivity index (χ4n) is 3.63. The van der Waals surface area contributed by atoms with E-state index in [-0.39, 0.29) is 16.8 Å². The topological polar surface area (TPSA) is 111 Å². The Balaban J connectivity index is 1.66. The number of benzene rings is 2. The summed E-state index contributed by atoms with van der Waals surface area (Å²) >= 11 is 0. The van der Waals surface area contributed by atoms with Crippen molar-refractivity contribution in [3.8, 4) is 22.4 Å². The average Bonchev–Trinajstić information content (AvgIpc) is 3.34. The number of nitrogens with one attached hydrogen (secondary N) is 1. The molecular weight excluding hydrogens is 458 g/mol. The Kier molecular flexibility index (Phi) is 6.69. The van der Waals surface area contributed by atoms with Gasteiger partial charge >= 0.3 is 12.1 Å². The van der Waals surface area contributed by atoms with E-state index in [9.17, 15) is 19.5 Å². The molecule has 4 rings (SSSR count). The number of pyridine rings is 1. The summed E-state index contributed by atoms with van der Waals surface area (Å²) in [4.78, 5) is 41.8. The Morgan fingerprint density at radius 3 is 2.33 bits per heavy atom. The number of anilines is 1. The van der Waals surface area contributed by atoms with E-state index < -0.39 is 23.6 Å². The van der Waals surface area contributed by atoms with Crippen LogP contribution in [-0.2, 0) is 4.74 Å². The molecule has 182 valence electrons. The molecule has 0 saturated heterocycles. The van der Waals surface area contributed by atoms with Gasteiger partial charge in [-0.15, -0.1) is 0 Å². The fourth-order valence-corrected chi connectivity index (χ4v) is 3.63. The van der Waals surface area contributed by atoms with Crippen molar-refractivity contribution in [3.63, 3.8) is 0 Å². The van der Waals surface area contributed by atoms with Gasteiger partial charge in [-0.05, 0) is 56.7 Å². The number of hydrogen-bond donors (Lipinski definition) is 2. The molecule has 2 aromatic carbocycles. The van der Waals surface area contributed by atoms with Crippen LogP contribution in [0, 0.1) is 0 Å². The first-order chi connectivity index (χ1) is 17.1. The number of carboxylic acids is 1. The van der Waals surface area contributed by atoms with Gasteiger partial charge in [-0.25, -0.2) is 9.59 Å². The van der Waals surface area contributed by atoms with E-state index in [4.69, 9.17) is 4.74 Å². The second kappa shape index (κ2) is 9.87. The lowest BCUT2D eigenvalue weighted by Gasteiger charge is -2.20. The minimum atomic E-state index is -1.20. The number of carboxylic acid groups (broad SMARTS) is 1. The highest BCUT2D eigenvalue weighted by molar-refractivity contribution is 6.08. The molecule has 4 aromatic rings. The van der Waals surface area contributed by atoms with E-state index in [2.05, 4.69) is 10.3 Å². The number of ether oxygens (including phenoxy) is 1. The summed E-state index contributed by atoms with van der Waals surface area (Å²) in [5, 5.41) is 12.4. The van der Waals surface area contributed by atoms with E-state index in [1.165, 1.54) is 22.9 Å². The lowest BCUT2D eigenvalue weighted by Crippen LogP contribution is -2.27. The smallest absolute Gasteiger partial charge is 0.418 e. The minimum absolute atomic E-state index is 0.0883. The van der Waals surface area contributed by atoms with Crippen LogP contribution in [0.2, 0.25) is 0 Å². The number of aromatic carboxylic acids is 1. The van der Waals surface area contributed by atoms with Crippen LogP contribution in [0.15, 0.2) is 85.3 Å². The molecule has 0 bridgehead atoms. The van der Waals surface area contributed by atoms with Crippen LogP contribution in [0.5, 0.6) is 0 Å². The molecule has 0 unspecified atom stereocenters. The van der Waals surface area contributed by atoms with Crippen LogP contribution >= 0.6 is 0 Å². The Morgan fingerprint density at radius 1 is 0.889 bits per heavy atom. The summed E-state index contributed by atoms with van der Waals surface area (Å²) in [5.74, 6) is -1.71. The second-order valence-corrected chi connectivity index (χ2v) is 9.09. The van der Waals surface area contributed by atoms with Gasteiger partial charge in [0.05, 0.1) is 22.5 Å². The molecule has 0 aliphatic rings. The number of carbonyl (C=O) groups excluding carboxylic acids is 2. The number of aromatic nitrogens is 2. The van der Waals surface area contributed by atoms with Gasteiger partial charge in [0, 0.05) is 29.7 Å². The standard InChI is InChI=1S/C28H25N3O5/c1-28(2,3)36-27(35)31-13-7-10-24(31)19-11-12-22(26(33)34)23(15-19)30-25(32)21-14-20(16-29-17-21)18-8-5-4-6-9-18/h4-17H,1-3H3,(H,30,32)(H,33,34). The molecule has 2 aromatic heterocycles. The highest BCUT2D eigenvalue weighted by Gasteiger charge is 2.21. The Labute approximate surface area is 208 Å². The number of nitrogens with zero attached hydrogens (tertiary/aromatic N) is 2. The normalized spacial score (nSPS) is 11.1. The molecule has 2 heterocycles. The molecular formula is C28H25N3O5. The van der Waals surface area contributed by atoms with Gasteiger partial charge in [-0.2, -0.15) is 0 Å². The van der Waals surface area contributed by atoms with Crippen molar-refractivity contribution in [1.29, 1.82) is 0 Å². The zero-order chi connectivity index (χ0) is 25.9. The zero-order valence-electron chi connectivity index (χ0n) is 20.1. The summed E-state index contributed by atoms with van der Waals surface area (Å²) in [6, 6.07) is 19.1.